The van der Waals surface area contributed by atoms with Crippen molar-refractivity contribution in [1.82, 2.24) is 0 Å². The van der Waals surface area contributed by atoms with Gasteiger partial charge < -0.3 is 15.9 Å². The van der Waals surface area contributed by atoms with Crippen LogP contribution >= 0.6 is 0 Å². The second-order valence-corrected chi connectivity index (χ2v) is 3.37. The minimum Gasteiger partial charge on any atom is -0.481 e. The molecule has 0 saturated heterocycles. The number of carboxylic acid groups (broad SMARTS) is 2. The predicted octanol–water partition coefficient (Wildman–Crippen LogP) is -0.0926. The van der Waals surface area contributed by atoms with Crippen molar-refractivity contribution in [3.8, 4) is 0 Å². The van der Waals surface area contributed by atoms with Gasteiger partial charge in [-0.25, -0.2) is 0 Å². The molecule has 8 heteroatoms. The van der Waals surface area contributed by atoms with Crippen molar-refractivity contribution < 1.29 is 33.0 Å². The van der Waals surface area contributed by atoms with Gasteiger partial charge in [0.1, 0.15) is 6.04 Å². The second kappa shape index (κ2) is 3.37. The van der Waals surface area contributed by atoms with Crippen molar-refractivity contribution in [1.29, 1.82) is 0 Å². The molecule has 0 spiro atoms. The number of carbonyl (C=O) groups is 2. The van der Waals surface area contributed by atoms with E-state index in [9.17, 15) is 22.8 Å². The van der Waals surface area contributed by atoms with Crippen LogP contribution in [-0.4, -0.2) is 34.4 Å². The quantitative estimate of drug-likeness (QED) is 0.625. The standard InChI is InChI=1S/C7H8F3NO4/c8-7(9,10)3-1(2(3)5(12)13)4(11)6(14)15/h1-4H,11H2,(H,12,13)(H,14,15)/t1-,2-,3-,4?/m1/s1. The zero-order valence-electron chi connectivity index (χ0n) is 7.23. The molecule has 1 saturated carbocycles. The molecule has 15 heavy (non-hydrogen) atoms. The first-order chi connectivity index (χ1) is 6.68. The number of nitrogens with two attached hydrogens (primary N) is 1. The van der Waals surface area contributed by atoms with E-state index in [0.717, 1.165) is 0 Å². The highest BCUT2D eigenvalue weighted by atomic mass is 19.4. The number of aliphatic carboxylic acids is 2. The fourth-order valence-corrected chi connectivity index (χ4v) is 1.69. The van der Waals surface area contributed by atoms with Crippen molar-refractivity contribution in [2.75, 3.05) is 0 Å². The van der Waals surface area contributed by atoms with Crippen LogP contribution in [0.1, 0.15) is 0 Å². The van der Waals surface area contributed by atoms with Gasteiger partial charge in [0, 0.05) is 5.92 Å². The first-order valence-electron chi connectivity index (χ1n) is 3.96. The van der Waals surface area contributed by atoms with Crippen LogP contribution in [0.3, 0.4) is 0 Å². The van der Waals surface area contributed by atoms with E-state index in [1.165, 1.54) is 0 Å². The third kappa shape index (κ3) is 2.04. The van der Waals surface area contributed by atoms with Gasteiger partial charge in [-0.05, 0) is 0 Å². The summed E-state index contributed by atoms with van der Waals surface area (Å²) in [5, 5.41) is 16.8. The van der Waals surface area contributed by atoms with Crippen LogP contribution < -0.4 is 5.73 Å². The van der Waals surface area contributed by atoms with Gasteiger partial charge in [-0.3, -0.25) is 9.59 Å². The topological polar surface area (TPSA) is 101 Å². The van der Waals surface area contributed by atoms with Crippen molar-refractivity contribution in [2.24, 2.45) is 23.5 Å². The highest BCUT2D eigenvalue weighted by Gasteiger charge is 2.70. The summed E-state index contributed by atoms with van der Waals surface area (Å²) in [6.45, 7) is 0. The van der Waals surface area contributed by atoms with Crippen LogP contribution in [-0.2, 0) is 9.59 Å². The summed E-state index contributed by atoms with van der Waals surface area (Å²) in [7, 11) is 0. The molecule has 0 amide bonds. The number of alkyl halides is 3. The van der Waals surface area contributed by atoms with Gasteiger partial charge in [0.15, 0.2) is 0 Å². The van der Waals surface area contributed by atoms with Crippen LogP contribution in [0, 0.1) is 17.8 Å². The fourth-order valence-electron chi connectivity index (χ4n) is 1.69. The number of hydrogen-bond acceptors (Lipinski definition) is 3. The first kappa shape index (κ1) is 11.8. The van der Waals surface area contributed by atoms with Gasteiger partial charge >= 0.3 is 18.1 Å². The largest absolute Gasteiger partial charge is 0.481 e. The Kier molecular flexibility index (Phi) is 2.64. The van der Waals surface area contributed by atoms with Crippen LogP contribution in [0.25, 0.3) is 0 Å². The van der Waals surface area contributed by atoms with E-state index in [2.05, 4.69) is 0 Å². The SMILES string of the molecule is NC(C(=O)O)[C@@H]1[C@@H](C(=O)O)[C@@H]1C(F)(F)F. The smallest absolute Gasteiger partial charge is 0.393 e. The van der Waals surface area contributed by atoms with E-state index < -0.39 is 41.9 Å². The normalized spacial score (nSPS) is 32.1. The van der Waals surface area contributed by atoms with Crippen LogP contribution in [0.2, 0.25) is 0 Å². The molecule has 1 aliphatic rings. The maximum atomic E-state index is 12.2. The molecule has 4 atom stereocenters. The first-order valence-corrected chi connectivity index (χ1v) is 3.96. The van der Waals surface area contributed by atoms with Crippen LogP contribution in [0.4, 0.5) is 13.2 Å². The van der Waals surface area contributed by atoms with E-state index in [0.29, 0.717) is 0 Å². The van der Waals surface area contributed by atoms with Gasteiger partial charge in [-0.1, -0.05) is 0 Å². The molecule has 4 N–H and O–H groups in total. The van der Waals surface area contributed by atoms with E-state index in [1.807, 2.05) is 0 Å². The van der Waals surface area contributed by atoms with Crippen molar-refractivity contribution in [3.63, 3.8) is 0 Å². The number of carboxylic acids is 2. The number of hydrogen-bond donors (Lipinski definition) is 3. The molecule has 1 rings (SSSR count). The van der Waals surface area contributed by atoms with Gasteiger partial charge in [0.05, 0.1) is 11.8 Å². The van der Waals surface area contributed by atoms with Crippen LogP contribution in [0.15, 0.2) is 0 Å². The summed E-state index contributed by atoms with van der Waals surface area (Å²) in [6, 6.07) is -1.79. The molecule has 0 bridgehead atoms. The Balaban J connectivity index is 2.83. The Morgan fingerprint density at radius 1 is 1.27 bits per heavy atom. The highest BCUT2D eigenvalue weighted by Crippen LogP contribution is 2.56. The minimum atomic E-state index is -4.72. The Labute approximate surface area is 81.7 Å². The second-order valence-electron chi connectivity index (χ2n) is 3.37. The zero-order valence-corrected chi connectivity index (χ0v) is 7.23. The minimum absolute atomic E-state index is 1.57. The maximum absolute atomic E-state index is 12.2. The lowest BCUT2D eigenvalue weighted by Crippen LogP contribution is -2.35. The molecule has 0 aromatic rings. The van der Waals surface area contributed by atoms with E-state index in [-0.39, 0.29) is 0 Å². The molecule has 0 aliphatic heterocycles. The van der Waals surface area contributed by atoms with Gasteiger partial charge in [0.2, 0.25) is 0 Å². The summed E-state index contributed by atoms with van der Waals surface area (Å²) < 4.78 is 36.6. The number of rotatable bonds is 3. The lowest BCUT2D eigenvalue weighted by molar-refractivity contribution is -0.162. The average Bonchev–Trinajstić information content (AvgIpc) is 2.75. The van der Waals surface area contributed by atoms with Crippen molar-refractivity contribution in [2.45, 2.75) is 12.2 Å². The molecule has 86 valence electrons. The van der Waals surface area contributed by atoms with Crippen molar-refractivity contribution in [3.05, 3.63) is 0 Å². The summed E-state index contributed by atoms with van der Waals surface area (Å²) in [5.74, 6) is -8.76. The average molecular weight is 227 g/mol. The molecule has 0 radical (unpaired) electrons. The zero-order chi connectivity index (χ0) is 12.0. The van der Waals surface area contributed by atoms with E-state index >= 15 is 0 Å². The van der Waals surface area contributed by atoms with Gasteiger partial charge in [-0.15, -0.1) is 0 Å². The Hall–Kier alpha value is -1.31. The lowest BCUT2D eigenvalue weighted by Gasteiger charge is -2.07. The molecule has 0 aromatic carbocycles. The summed E-state index contributed by atoms with van der Waals surface area (Å²) in [5.41, 5.74) is 4.97. The third-order valence-corrected chi connectivity index (χ3v) is 2.44. The van der Waals surface area contributed by atoms with Crippen molar-refractivity contribution >= 4 is 11.9 Å². The summed E-state index contributed by atoms with van der Waals surface area (Å²) in [4.78, 5) is 20.7. The van der Waals surface area contributed by atoms with E-state index in [4.69, 9.17) is 15.9 Å². The van der Waals surface area contributed by atoms with E-state index in [1.54, 1.807) is 0 Å². The molecule has 5 nitrogen and oxygen atoms in total. The third-order valence-electron chi connectivity index (χ3n) is 2.44. The summed E-state index contributed by atoms with van der Waals surface area (Å²) >= 11 is 0. The van der Waals surface area contributed by atoms with Gasteiger partial charge in [0.25, 0.3) is 0 Å². The summed E-state index contributed by atoms with van der Waals surface area (Å²) in [6.07, 6.45) is -4.72. The van der Waals surface area contributed by atoms with Gasteiger partial charge in [-0.2, -0.15) is 13.2 Å². The molecular weight excluding hydrogens is 219 g/mol. The molecule has 1 unspecified atom stereocenters. The van der Waals surface area contributed by atoms with Crippen LogP contribution in [0.5, 0.6) is 0 Å². The fraction of sp³-hybridized carbons (Fsp3) is 0.714. The monoisotopic (exact) mass is 227 g/mol. The Morgan fingerprint density at radius 2 is 1.73 bits per heavy atom. The predicted molar refractivity (Wildman–Crippen MR) is 39.8 cm³/mol. The molecular formula is C7H8F3NO4. The Morgan fingerprint density at radius 3 is 1.93 bits per heavy atom. The maximum Gasteiger partial charge on any atom is 0.393 e. The lowest BCUT2D eigenvalue weighted by atomic mass is 10.1. The highest BCUT2D eigenvalue weighted by molar-refractivity contribution is 5.80. The molecule has 0 heterocycles. The molecule has 1 aliphatic carbocycles. The molecule has 0 aromatic heterocycles. The molecule has 1 fully saturated rings. The Bertz CT molecular complexity index is 303. The number of halogens is 3.